The second kappa shape index (κ2) is 8.25. The largest absolute Gasteiger partial charge is 0.481 e. The lowest BCUT2D eigenvalue weighted by Crippen LogP contribution is -2.33. The number of nitrogens with one attached hydrogen (secondary N) is 1. The lowest BCUT2D eigenvalue weighted by Gasteiger charge is -2.18. The fourth-order valence-corrected chi connectivity index (χ4v) is 3.20. The van der Waals surface area contributed by atoms with E-state index in [1.165, 1.54) is 23.5 Å². The number of hydrogen-bond acceptors (Lipinski definition) is 6. The Morgan fingerprint density at radius 1 is 1.33 bits per heavy atom. The van der Waals surface area contributed by atoms with Gasteiger partial charge >= 0.3 is 0 Å². The highest BCUT2D eigenvalue weighted by atomic mass is 32.2. The maximum atomic E-state index is 12.4. The summed E-state index contributed by atoms with van der Waals surface area (Å²) in [7, 11) is -3.25. The molecule has 2 aromatic rings. The average Bonchev–Trinajstić information content (AvgIpc) is 3.03. The number of carbonyl (C=O) groups excluding carboxylic acids is 1. The molecule has 8 heteroatoms. The summed E-state index contributed by atoms with van der Waals surface area (Å²) in [5.41, 5.74) is 0. The van der Waals surface area contributed by atoms with E-state index in [-0.39, 0.29) is 10.8 Å². The number of unbranched alkanes of at least 4 members (excludes halogenated alkanes) is 1. The van der Waals surface area contributed by atoms with Gasteiger partial charge < -0.3 is 4.74 Å². The lowest BCUT2D eigenvalue weighted by atomic mass is 10.1. The number of anilines is 1. The summed E-state index contributed by atoms with van der Waals surface area (Å²) in [5.74, 6) is 0.198. The fourth-order valence-electron chi connectivity index (χ4n) is 2.03. The van der Waals surface area contributed by atoms with Gasteiger partial charge in [0.25, 0.3) is 5.91 Å². The van der Waals surface area contributed by atoms with Crippen molar-refractivity contribution < 1.29 is 17.9 Å². The Balaban J connectivity index is 2.08. The number of benzene rings is 1. The first-order chi connectivity index (χ1) is 11.4. The number of amides is 1. The maximum Gasteiger partial charge on any atom is 0.267 e. The van der Waals surface area contributed by atoms with Crippen molar-refractivity contribution in [1.82, 2.24) is 4.98 Å². The van der Waals surface area contributed by atoms with Gasteiger partial charge in [-0.3, -0.25) is 10.1 Å². The quantitative estimate of drug-likeness (QED) is 0.774. The Bertz CT molecular complexity index is 756. The molecule has 1 amide bonds. The zero-order chi connectivity index (χ0) is 17.6. The van der Waals surface area contributed by atoms with Crippen molar-refractivity contribution in [1.29, 1.82) is 0 Å². The molecule has 130 valence electrons. The summed E-state index contributed by atoms with van der Waals surface area (Å²) < 4.78 is 28.7. The number of rotatable bonds is 8. The summed E-state index contributed by atoms with van der Waals surface area (Å²) in [6, 6.07) is 6.07. The fraction of sp³-hybridized carbons (Fsp3) is 0.375. The smallest absolute Gasteiger partial charge is 0.267 e. The van der Waals surface area contributed by atoms with Gasteiger partial charge in [0.15, 0.2) is 21.1 Å². The van der Waals surface area contributed by atoms with Gasteiger partial charge in [-0.05, 0) is 37.1 Å². The minimum Gasteiger partial charge on any atom is -0.481 e. The molecule has 6 nitrogen and oxygen atoms in total. The highest BCUT2D eigenvalue weighted by Gasteiger charge is 2.21. The van der Waals surface area contributed by atoms with Crippen molar-refractivity contribution in [2.24, 2.45) is 0 Å². The zero-order valence-electron chi connectivity index (χ0n) is 13.6. The first-order valence-corrected chi connectivity index (χ1v) is 10.3. The maximum absolute atomic E-state index is 12.4. The molecule has 1 N–H and O–H groups in total. The molecule has 0 radical (unpaired) electrons. The average molecular weight is 368 g/mol. The minimum atomic E-state index is -3.25. The Morgan fingerprint density at radius 2 is 2.04 bits per heavy atom. The van der Waals surface area contributed by atoms with Crippen molar-refractivity contribution in [3.63, 3.8) is 0 Å². The second-order valence-electron chi connectivity index (χ2n) is 5.32. The summed E-state index contributed by atoms with van der Waals surface area (Å²) in [6.45, 7) is 2.04. The van der Waals surface area contributed by atoms with Crippen LogP contribution in [0.2, 0.25) is 0 Å². The molecular weight excluding hydrogens is 348 g/mol. The predicted molar refractivity (Wildman–Crippen MR) is 94.2 cm³/mol. The van der Waals surface area contributed by atoms with Gasteiger partial charge in [-0.15, -0.1) is 11.3 Å². The van der Waals surface area contributed by atoms with E-state index in [0.29, 0.717) is 17.3 Å². The van der Waals surface area contributed by atoms with E-state index in [4.69, 9.17) is 4.74 Å². The van der Waals surface area contributed by atoms with Crippen LogP contribution in [0, 0.1) is 0 Å². The van der Waals surface area contributed by atoms with Crippen LogP contribution in [0.1, 0.15) is 26.2 Å². The molecule has 0 saturated heterocycles. The number of aromatic nitrogens is 1. The Labute approximate surface area is 145 Å². The summed E-state index contributed by atoms with van der Waals surface area (Å²) in [6.07, 6.45) is 4.47. The molecule has 24 heavy (non-hydrogen) atoms. The molecule has 0 bridgehead atoms. The van der Waals surface area contributed by atoms with Gasteiger partial charge in [0.05, 0.1) is 4.90 Å². The van der Waals surface area contributed by atoms with Crippen LogP contribution in [0.4, 0.5) is 5.13 Å². The number of sulfone groups is 1. The molecule has 2 rings (SSSR count). The van der Waals surface area contributed by atoms with E-state index in [9.17, 15) is 13.2 Å². The molecule has 0 aliphatic heterocycles. The van der Waals surface area contributed by atoms with Gasteiger partial charge in [0.1, 0.15) is 5.75 Å². The van der Waals surface area contributed by atoms with Gasteiger partial charge in [0, 0.05) is 17.8 Å². The van der Waals surface area contributed by atoms with E-state index in [1.807, 2.05) is 6.92 Å². The molecule has 1 aromatic heterocycles. The van der Waals surface area contributed by atoms with Gasteiger partial charge in [0.2, 0.25) is 0 Å². The topological polar surface area (TPSA) is 85.4 Å². The minimum absolute atomic E-state index is 0.215. The third kappa shape index (κ3) is 5.31. The van der Waals surface area contributed by atoms with Crippen molar-refractivity contribution >= 4 is 32.2 Å². The molecule has 1 unspecified atom stereocenters. The van der Waals surface area contributed by atoms with Gasteiger partial charge in [-0.2, -0.15) is 0 Å². The molecule has 1 heterocycles. The Morgan fingerprint density at radius 3 is 2.58 bits per heavy atom. The number of ether oxygens (including phenoxy) is 1. The van der Waals surface area contributed by atoms with Crippen LogP contribution in [0.5, 0.6) is 5.75 Å². The molecule has 0 aliphatic rings. The third-order valence-corrected chi connectivity index (χ3v) is 5.12. The van der Waals surface area contributed by atoms with Crippen molar-refractivity contribution in [2.75, 3.05) is 11.6 Å². The van der Waals surface area contributed by atoms with E-state index < -0.39 is 15.9 Å². The molecule has 0 aliphatic carbocycles. The summed E-state index contributed by atoms with van der Waals surface area (Å²) >= 11 is 1.34. The summed E-state index contributed by atoms with van der Waals surface area (Å²) in [5, 5.41) is 5.04. The van der Waals surface area contributed by atoms with Crippen molar-refractivity contribution in [3.8, 4) is 5.75 Å². The van der Waals surface area contributed by atoms with Crippen LogP contribution in [-0.2, 0) is 14.6 Å². The van der Waals surface area contributed by atoms with Crippen LogP contribution in [0.3, 0.4) is 0 Å². The number of nitrogens with zero attached hydrogens (tertiary/aromatic N) is 1. The van der Waals surface area contributed by atoms with Crippen LogP contribution in [0.15, 0.2) is 40.7 Å². The summed E-state index contributed by atoms with van der Waals surface area (Å²) in [4.78, 5) is 16.6. The van der Waals surface area contributed by atoms with E-state index >= 15 is 0 Å². The van der Waals surface area contributed by atoms with E-state index in [1.54, 1.807) is 23.7 Å². The molecule has 0 saturated carbocycles. The van der Waals surface area contributed by atoms with Crippen LogP contribution < -0.4 is 10.1 Å². The first-order valence-electron chi connectivity index (χ1n) is 7.57. The molecule has 0 spiro atoms. The van der Waals surface area contributed by atoms with Crippen LogP contribution in [0.25, 0.3) is 0 Å². The Kier molecular flexibility index (Phi) is 6.33. The molecule has 0 fully saturated rings. The molecule has 1 atom stereocenters. The predicted octanol–water partition coefficient (Wildman–Crippen LogP) is 3.12. The van der Waals surface area contributed by atoms with Crippen molar-refractivity contribution in [3.05, 3.63) is 35.8 Å². The standard InChI is InChI=1S/C16H20N2O4S2/c1-3-4-5-14(15(19)18-16-17-10-11-23-16)22-12-6-8-13(9-7-12)24(2,20)21/h6-11,14H,3-5H2,1-2H3,(H,17,18,19). The normalized spacial score (nSPS) is 12.6. The number of thiazole rings is 1. The second-order valence-corrected chi connectivity index (χ2v) is 8.23. The molecular formula is C16H20N2O4S2. The van der Waals surface area contributed by atoms with Gasteiger partial charge in [-0.1, -0.05) is 13.3 Å². The SMILES string of the molecule is CCCCC(Oc1ccc(S(C)(=O)=O)cc1)C(=O)Nc1nccs1. The number of hydrogen-bond donors (Lipinski definition) is 1. The van der Waals surface area contributed by atoms with Gasteiger partial charge in [-0.25, -0.2) is 13.4 Å². The zero-order valence-corrected chi connectivity index (χ0v) is 15.2. The highest BCUT2D eigenvalue weighted by Crippen LogP contribution is 2.20. The van der Waals surface area contributed by atoms with Crippen LogP contribution in [-0.4, -0.2) is 31.7 Å². The monoisotopic (exact) mass is 368 g/mol. The Hall–Kier alpha value is -1.93. The first kappa shape index (κ1) is 18.4. The lowest BCUT2D eigenvalue weighted by molar-refractivity contribution is -0.123. The number of carbonyl (C=O) groups is 1. The van der Waals surface area contributed by atoms with E-state index in [0.717, 1.165) is 19.1 Å². The highest BCUT2D eigenvalue weighted by molar-refractivity contribution is 7.90. The molecule has 1 aromatic carbocycles. The van der Waals surface area contributed by atoms with Crippen molar-refractivity contribution in [2.45, 2.75) is 37.2 Å². The van der Waals surface area contributed by atoms with Crippen LogP contribution >= 0.6 is 11.3 Å². The third-order valence-electron chi connectivity index (χ3n) is 3.30. The van der Waals surface area contributed by atoms with E-state index in [2.05, 4.69) is 10.3 Å².